The Hall–Kier alpha value is -4.08. The highest BCUT2D eigenvalue weighted by molar-refractivity contribution is 6.00. The second kappa shape index (κ2) is 22.5. The van der Waals surface area contributed by atoms with Crippen LogP contribution in [0.4, 0.5) is 0 Å². The molecule has 0 heterocycles. The quantitative estimate of drug-likeness (QED) is 0.0612. The fourth-order valence-corrected chi connectivity index (χ4v) is 6.10. The Bertz CT molecular complexity index is 1310. The molecule has 0 saturated carbocycles. The predicted octanol–water partition coefficient (Wildman–Crippen LogP) is 7.18. The van der Waals surface area contributed by atoms with E-state index in [4.69, 9.17) is 0 Å². The molecule has 0 bridgehead atoms. The van der Waals surface area contributed by atoms with Crippen LogP contribution in [-0.2, 0) is 22.4 Å². The van der Waals surface area contributed by atoms with Crippen LogP contribution in [0.5, 0.6) is 11.5 Å². The van der Waals surface area contributed by atoms with Gasteiger partial charge in [0.2, 0.25) is 11.8 Å². The van der Waals surface area contributed by atoms with Crippen molar-refractivity contribution in [3.05, 3.63) is 58.7 Å². The smallest absolute Gasteiger partial charge is 0.273 e. The average Bonchev–Trinajstić information content (AvgIpc) is 3.07. The summed E-state index contributed by atoms with van der Waals surface area (Å²) in [5.74, 6) is -4.21. The van der Waals surface area contributed by atoms with Gasteiger partial charge in [-0.15, -0.1) is 0 Å². The molecule has 48 heavy (non-hydrogen) atoms. The van der Waals surface area contributed by atoms with Gasteiger partial charge in [-0.25, -0.2) is 0 Å². The Morgan fingerprint density at radius 3 is 1.35 bits per heavy atom. The molecule has 2 aromatic carbocycles. The first-order valence-corrected chi connectivity index (χ1v) is 18.0. The number of hydrogen-bond acceptors (Lipinski definition) is 6. The van der Waals surface area contributed by atoms with Gasteiger partial charge in [0.05, 0.1) is 23.0 Å². The molecule has 2 rings (SSSR count). The summed E-state index contributed by atoms with van der Waals surface area (Å²) in [5.41, 5.74) is 11.6. The van der Waals surface area contributed by atoms with Gasteiger partial charge < -0.3 is 10.2 Å². The summed E-state index contributed by atoms with van der Waals surface area (Å²) in [6.45, 7) is 8.20. The minimum absolute atomic E-state index is 0.121. The van der Waals surface area contributed by atoms with E-state index in [0.717, 1.165) is 64.2 Å². The average molecular weight is 667 g/mol. The van der Waals surface area contributed by atoms with E-state index >= 15 is 0 Å². The van der Waals surface area contributed by atoms with Crippen LogP contribution < -0.4 is 21.7 Å². The number of phenolic OH excluding ortho intramolecular Hbond substituents is 2. The number of amides is 4. The number of aryl methyl sites for hydroxylation is 2. The summed E-state index contributed by atoms with van der Waals surface area (Å²) in [6.07, 6.45) is 13.2. The Labute approximate surface area is 286 Å². The number of carbonyl (C=O) groups excluding carboxylic acids is 4. The lowest BCUT2D eigenvalue weighted by Crippen LogP contribution is -2.51. The van der Waals surface area contributed by atoms with Gasteiger partial charge in [0.1, 0.15) is 11.5 Å². The zero-order valence-corrected chi connectivity index (χ0v) is 29.5. The molecule has 2 aromatic rings. The van der Waals surface area contributed by atoms with Gasteiger partial charge in [0.25, 0.3) is 11.8 Å². The minimum Gasteiger partial charge on any atom is -0.507 e. The number of unbranched alkanes of at least 4 members (excludes halogenated alkanes) is 8. The lowest BCUT2D eigenvalue weighted by Gasteiger charge is -2.26. The third-order valence-electron chi connectivity index (χ3n) is 8.79. The van der Waals surface area contributed by atoms with E-state index in [1.807, 2.05) is 13.8 Å². The number of aromatic hydroxyl groups is 2. The Kier molecular flexibility index (Phi) is 18.8. The van der Waals surface area contributed by atoms with Gasteiger partial charge in [-0.05, 0) is 61.8 Å². The maximum absolute atomic E-state index is 13.6. The monoisotopic (exact) mass is 666 g/mol. The van der Waals surface area contributed by atoms with Gasteiger partial charge in [-0.1, -0.05) is 116 Å². The summed E-state index contributed by atoms with van der Waals surface area (Å²) in [5, 5.41) is 21.0. The molecular weight excluding hydrogens is 608 g/mol. The molecule has 6 N–H and O–H groups in total. The molecule has 0 spiro atoms. The molecule has 0 radical (unpaired) electrons. The molecule has 0 aliphatic heterocycles. The highest BCUT2D eigenvalue weighted by atomic mass is 16.3. The highest BCUT2D eigenvalue weighted by Crippen LogP contribution is 2.26. The Balaban J connectivity index is 2.17. The molecule has 4 amide bonds. The third-order valence-corrected chi connectivity index (χ3v) is 8.79. The van der Waals surface area contributed by atoms with Gasteiger partial charge in [0, 0.05) is 0 Å². The van der Waals surface area contributed by atoms with Crippen molar-refractivity contribution in [1.29, 1.82) is 0 Å². The molecule has 10 nitrogen and oxygen atoms in total. The molecule has 0 aliphatic carbocycles. The first kappa shape index (κ1) is 40.1. The fourth-order valence-electron chi connectivity index (χ4n) is 6.10. The first-order chi connectivity index (χ1) is 23.2. The maximum atomic E-state index is 13.6. The summed E-state index contributed by atoms with van der Waals surface area (Å²) >= 11 is 0. The molecule has 266 valence electrons. The van der Waals surface area contributed by atoms with E-state index in [1.165, 1.54) is 12.1 Å². The third kappa shape index (κ3) is 12.8. The zero-order valence-electron chi connectivity index (χ0n) is 29.5. The van der Waals surface area contributed by atoms with E-state index in [9.17, 15) is 29.4 Å². The van der Waals surface area contributed by atoms with E-state index in [1.54, 1.807) is 24.3 Å². The zero-order chi connectivity index (χ0) is 35.3. The Morgan fingerprint density at radius 2 is 0.938 bits per heavy atom. The fraction of sp³-hybridized carbons (Fsp3) is 0.579. The van der Waals surface area contributed by atoms with Crippen LogP contribution >= 0.6 is 0 Å². The van der Waals surface area contributed by atoms with Gasteiger partial charge in [0.15, 0.2) is 0 Å². The normalized spacial score (nSPS) is 12.2. The first-order valence-electron chi connectivity index (χ1n) is 18.0. The second-order valence-corrected chi connectivity index (χ2v) is 12.6. The largest absolute Gasteiger partial charge is 0.507 e. The summed E-state index contributed by atoms with van der Waals surface area (Å²) in [6, 6.07) is 9.89. The number of hydrogen-bond donors (Lipinski definition) is 6. The van der Waals surface area contributed by atoms with E-state index < -0.39 is 35.5 Å². The maximum Gasteiger partial charge on any atom is 0.273 e. The molecule has 10 heteroatoms. The molecule has 2 atom stereocenters. The predicted molar refractivity (Wildman–Crippen MR) is 189 cm³/mol. The van der Waals surface area contributed by atoms with Crippen molar-refractivity contribution in [1.82, 2.24) is 21.7 Å². The number of hydrazine groups is 2. The van der Waals surface area contributed by atoms with E-state index in [2.05, 4.69) is 35.6 Å². The van der Waals surface area contributed by atoms with Crippen LogP contribution in [0.25, 0.3) is 0 Å². The van der Waals surface area contributed by atoms with Crippen LogP contribution in [0.2, 0.25) is 0 Å². The molecule has 0 aliphatic rings. The van der Waals surface area contributed by atoms with Gasteiger partial charge in [-0.3, -0.25) is 40.9 Å². The summed E-state index contributed by atoms with van der Waals surface area (Å²) < 4.78 is 0. The standard InChI is InChI=1S/C38H58N4O6/c1-5-9-12-15-20-27-22-17-25-31(43)33(27)37(47)41-39-35(45)29(19-8-4)30(24-14-11-7-3)36(46)40-42-38(48)34-28(21-16-13-10-6-2)23-18-26-32(34)44/h17-18,22-23,25-26,29-30,43-44H,5-16,19-21,24H2,1-4H3,(H,39,45)(H,40,46)(H,41,47)(H,42,48). The number of carbonyl (C=O) groups is 4. The van der Waals surface area contributed by atoms with E-state index in [-0.39, 0.29) is 22.6 Å². The van der Waals surface area contributed by atoms with Crippen molar-refractivity contribution in [3.8, 4) is 11.5 Å². The van der Waals surface area contributed by atoms with Crippen LogP contribution in [0.1, 0.15) is 149 Å². The molecule has 2 unspecified atom stereocenters. The minimum atomic E-state index is -0.791. The molecule has 0 fully saturated rings. The van der Waals surface area contributed by atoms with Crippen molar-refractivity contribution in [2.45, 2.75) is 130 Å². The topological polar surface area (TPSA) is 157 Å². The van der Waals surface area contributed by atoms with Crippen molar-refractivity contribution in [2.75, 3.05) is 0 Å². The van der Waals surface area contributed by atoms with E-state index in [0.29, 0.717) is 49.7 Å². The lowest BCUT2D eigenvalue weighted by molar-refractivity contribution is -0.136. The summed E-state index contributed by atoms with van der Waals surface area (Å²) in [4.78, 5) is 53.6. The SMILES string of the molecule is CCCCCCc1cccc(O)c1C(=O)NNC(=O)C(CCC)C(CCCCC)C(=O)NNC(=O)c1c(O)cccc1CCCCCC. The van der Waals surface area contributed by atoms with Crippen molar-refractivity contribution >= 4 is 23.6 Å². The van der Waals surface area contributed by atoms with Crippen molar-refractivity contribution in [3.63, 3.8) is 0 Å². The van der Waals surface area contributed by atoms with Crippen LogP contribution in [-0.4, -0.2) is 33.8 Å². The lowest BCUT2D eigenvalue weighted by atomic mass is 9.83. The van der Waals surface area contributed by atoms with Crippen LogP contribution in [0, 0.1) is 11.8 Å². The number of benzene rings is 2. The van der Waals surface area contributed by atoms with Crippen molar-refractivity contribution in [2.24, 2.45) is 11.8 Å². The second-order valence-electron chi connectivity index (χ2n) is 12.6. The van der Waals surface area contributed by atoms with Crippen molar-refractivity contribution < 1.29 is 29.4 Å². The van der Waals surface area contributed by atoms with Gasteiger partial charge >= 0.3 is 0 Å². The number of rotatable bonds is 21. The number of nitrogens with one attached hydrogen (secondary N) is 4. The summed E-state index contributed by atoms with van der Waals surface area (Å²) in [7, 11) is 0. The molecular formula is C38H58N4O6. The number of phenols is 2. The highest BCUT2D eigenvalue weighted by Gasteiger charge is 2.34. The molecule has 0 saturated heterocycles. The van der Waals surface area contributed by atoms with Gasteiger partial charge in [-0.2, -0.15) is 0 Å². The Morgan fingerprint density at radius 1 is 0.521 bits per heavy atom. The van der Waals surface area contributed by atoms with Crippen LogP contribution in [0.3, 0.4) is 0 Å². The van der Waals surface area contributed by atoms with Crippen LogP contribution in [0.15, 0.2) is 36.4 Å². The molecule has 0 aromatic heterocycles.